The number of carbonyl (C=O) groups excluding carboxylic acids is 1. The lowest BCUT2D eigenvalue weighted by atomic mass is 10.1. The topological polar surface area (TPSA) is 70.7 Å². The number of nitrogens with zero attached hydrogens (tertiary/aromatic N) is 2. The number of aryl methyl sites for hydroxylation is 1. The minimum atomic E-state index is -0.0595. The van der Waals surface area contributed by atoms with Crippen molar-refractivity contribution in [2.75, 3.05) is 5.32 Å². The number of hydrogen-bond acceptors (Lipinski definition) is 3. The zero-order chi connectivity index (χ0) is 13.8. The first-order chi connectivity index (χ1) is 9.83. The quantitative estimate of drug-likeness (QED) is 0.762. The zero-order valence-electron chi connectivity index (χ0n) is 10.8. The fraction of sp³-hybridized carbons (Fsp3) is 0.133. The normalized spacial score (nSPS) is 10.6. The SMILES string of the molecule is O=C(CCc1c[nH]c2ccccc12)Nc1cccnn1. The second-order valence-electron chi connectivity index (χ2n) is 4.52. The van der Waals surface area contributed by atoms with Crippen molar-refractivity contribution in [3.8, 4) is 0 Å². The number of H-pyrrole nitrogens is 1. The lowest BCUT2D eigenvalue weighted by Crippen LogP contribution is -2.13. The summed E-state index contributed by atoms with van der Waals surface area (Å²) in [6.07, 6.45) is 4.64. The Labute approximate surface area is 116 Å². The third-order valence-corrected chi connectivity index (χ3v) is 3.14. The van der Waals surface area contributed by atoms with Crippen LogP contribution in [0.2, 0.25) is 0 Å². The molecule has 0 bridgehead atoms. The standard InChI is InChI=1S/C15H14N4O/c20-15(18-14-6-3-9-17-19-14)8-7-11-10-16-13-5-2-1-4-12(11)13/h1-6,9-10,16H,7-8H2,(H,18,19,20). The molecule has 0 aliphatic carbocycles. The summed E-state index contributed by atoms with van der Waals surface area (Å²) < 4.78 is 0. The lowest BCUT2D eigenvalue weighted by molar-refractivity contribution is -0.116. The second kappa shape index (κ2) is 5.52. The number of amides is 1. The van der Waals surface area contributed by atoms with E-state index >= 15 is 0 Å². The first kappa shape index (κ1) is 12.3. The van der Waals surface area contributed by atoms with E-state index in [0.717, 1.165) is 11.1 Å². The molecule has 0 fully saturated rings. The predicted octanol–water partition coefficient (Wildman–Crippen LogP) is 2.53. The molecule has 0 spiro atoms. The molecule has 3 aromatic rings. The molecule has 2 aromatic heterocycles. The van der Waals surface area contributed by atoms with E-state index in [-0.39, 0.29) is 5.91 Å². The van der Waals surface area contributed by atoms with E-state index in [0.29, 0.717) is 18.7 Å². The predicted molar refractivity (Wildman–Crippen MR) is 77.3 cm³/mol. The highest BCUT2D eigenvalue weighted by Crippen LogP contribution is 2.19. The van der Waals surface area contributed by atoms with Crippen LogP contribution in [-0.4, -0.2) is 21.1 Å². The molecule has 0 aliphatic heterocycles. The van der Waals surface area contributed by atoms with Crippen molar-refractivity contribution in [1.82, 2.24) is 15.2 Å². The van der Waals surface area contributed by atoms with Gasteiger partial charge in [0.25, 0.3) is 0 Å². The first-order valence-corrected chi connectivity index (χ1v) is 6.45. The van der Waals surface area contributed by atoms with Gasteiger partial charge in [-0.15, -0.1) is 5.10 Å². The maximum absolute atomic E-state index is 11.9. The van der Waals surface area contributed by atoms with Gasteiger partial charge in [-0.2, -0.15) is 5.10 Å². The molecule has 2 heterocycles. The average molecular weight is 266 g/mol. The number of aromatic amines is 1. The van der Waals surface area contributed by atoms with E-state index in [2.05, 4.69) is 26.6 Å². The van der Waals surface area contributed by atoms with Gasteiger partial charge in [0.05, 0.1) is 0 Å². The van der Waals surface area contributed by atoms with Crippen molar-refractivity contribution < 1.29 is 4.79 Å². The largest absolute Gasteiger partial charge is 0.361 e. The van der Waals surface area contributed by atoms with Gasteiger partial charge in [0.15, 0.2) is 5.82 Å². The number of rotatable bonds is 4. The van der Waals surface area contributed by atoms with Gasteiger partial charge < -0.3 is 10.3 Å². The Morgan fingerprint density at radius 1 is 1.20 bits per heavy atom. The fourth-order valence-corrected chi connectivity index (χ4v) is 2.16. The monoisotopic (exact) mass is 266 g/mol. The number of anilines is 1. The maximum Gasteiger partial charge on any atom is 0.225 e. The van der Waals surface area contributed by atoms with E-state index in [4.69, 9.17) is 0 Å². The zero-order valence-corrected chi connectivity index (χ0v) is 10.8. The van der Waals surface area contributed by atoms with Crippen LogP contribution in [0.25, 0.3) is 10.9 Å². The van der Waals surface area contributed by atoms with Crippen LogP contribution < -0.4 is 5.32 Å². The molecule has 20 heavy (non-hydrogen) atoms. The lowest BCUT2D eigenvalue weighted by Gasteiger charge is -2.03. The summed E-state index contributed by atoms with van der Waals surface area (Å²) in [6.45, 7) is 0. The van der Waals surface area contributed by atoms with Crippen molar-refractivity contribution in [2.45, 2.75) is 12.8 Å². The van der Waals surface area contributed by atoms with Crippen LogP contribution in [0.15, 0.2) is 48.8 Å². The number of nitrogens with one attached hydrogen (secondary N) is 2. The Morgan fingerprint density at radius 2 is 2.10 bits per heavy atom. The molecule has 0 unspecified atom stereocenters. The average Bonchev–Trinajstić information content (AvgIpc) is 2.89. The molecule has 2 N–H and O–H groups in total. The Balaban J connectivity index is 1.63. The van der Waals surface area contributed by atoms with Crippen molar-refractivity contribution in [1.29, 1.82) is 0 Å². The van der Waals surface area contributed by atoms with Crippen LogP contribution >= 0.6 is 0 Å². The molecule has 0 atom stereocenters. The van der Waals surface area contributed by atoms with Crippen LogP contribution in [0.3, 0.4) is 0 Å². The van der Waals surface area contributed by atoms with Gasteiger partial charge in [-0.3, -0.25) is 4.79 Å². The fourth-order valence-electron chi connectivity index (χ4n) is 2.16. The summed E-state index contributed by atoms with van der Waals surface area (Å²) in [5.74, 6) is 0.423. The highest BCUT2D eigenvalue weighted by atomic mass is 16.1. The van der Waals surface area contributed by atoms with E-state index in [9.17, 15) is 4.79 Å². The van der Waals surface area contributed by atoms with Crippen LogP contribution in [-0.2, 0) is 11.2 Å². The van der Waals surface area contributed by atoms with Gasteiger partial charge in [0, 0.05) is 29.7 Å². The Bertz CT molecular complexity index is 721. The molecule has 5 heteroatoms. The minimum absolute atomic E-state index is 0.0595. The number of aromatic nitrogens is 3. The van der Waals surface area contributed by atoms with Crippen LogP contribution in [0.1, 0.15) is 12.0 Å². The molecule has 0 radical (unpaired) electrons. The molecule has 0 saturated carbocycles. The highest BCUT2D eigenvalue weighted by Gasteiger charge is 2.07. The molecular weight excluding hydrogens is 252 g/mol. The van der Waals surface area contributed by atoms with E-state index in [1.54, 1.807) is 18.3 Å². The maximum atomic E-state index is 11.9. The molecule has 1 amide bonds. The summed E-state index contributed by atoms with van der Waals surface area (Å²) in [5, 5.41) is 11.4. The Morgan fingerprint density at radius 3 is 2.95 bits per heavy atom. The Kier molecular flexibility index (Phi) is 3.41. The highest BCUT2D eigenvalue weighted by molar-refractivity contribution is 5.90. The van der Waals surface area contributed by atoms with Crippen molar-refractivity contribution >= 4 is 22.6 Å². The number of fused-ring (bicyclic) bond motifs is 1. The van der Waals surface area contributed by atoms with Crippen molar-refractivity contribution in [3.05, 3.63) is 54.4 Å². The Hall–Kier alpha value is -2.69. The molecule has 3 rings (SSSR count). The van der Waals surface area contributed by atoms with Gasteiger partial charge in [-0.25, -0.2) is 0 Å². The van der Waals surface area contributed by atoms with Crippen molar-refractivity contribution in [2.24, 2.45) is 0 Å². The number of carbonyl (C=O) groups is 1. The van der Waals surface area contributed by atoms with Gasteiger partial charge >= 0.3 is 0 Å². The summed E-state index contributed by atoms with van der Waals surface area (Å²) in [6, 6.07) is 11.5. The van der Waals surface area contributed by atoms with Gasteiger partial charge in [-0.05, 0) is 30.2 Å². The van der Waals surface area contributed by atoms with E-state index < -0.39 is 0 Å². The van der Waals surface area contributed by atoms with Crippen LogP contribution in [0, 0.1) is 0 Å². The molecule has 0 aliphatic rings. The van der Waals surface area contributed by atoms with E-state index in [1.807, 2.05) is 24.4 Å². The van der Waals surface area contributed by atoms with Crippen LogP contribution in [0.4, 0.5) is 5.82 Å². The molecule has 1 aromatic carbocycles. The summed E-state index contributed by atoms with van der Waals surface area (Å²) in [7, 11) is 0. The van der Waals surface area contributed by atoms with Gasteiger partial charge in [-0.1, -0.05) is 18.2 Å². The molecule has 0 saturated heterocycles. The molecular formula is C15H14N4O. The third kappa shape index (κ3) is 2.66. The molecule has 100 valence electrons. The first-order valence-electron chi connectivity index (χ1n) is 6.45. The third-order valence-electron chi connectivity index (χ3n) is 3.14. The number of para-hydroxylation sites is 1. The van der Waals surface area contributed by atoms with Gasteiger partial charge in [0.1, 0.15) is 0 Å². The second-order valence-corrected chi connectivity index (χ2v) is 4.52. The number of benzene rings is 1. The van der Waals surface area contributed by atoms with Crippen LogP contribution in [0.5, 0.6) is 0 Å². The molecule has 5 nitrogen and oxygen atoms in total. The minimum Gasteiger partial charge on any atom is -0.361 e. The summed E-state index contributed by atoms with van der Waals surface area (Å²) in [4.78, 5) is 15.1. The van der Waals surface area contributed by atoms with Crippen molar-refractivity contribution in [3.63, 3.8) is 0 Å². The van der Waals surface area contributed by atoms with Gasteiger partial charge in [0.2, 0.25) is 5.91 Å². The smallest absolute Gasteiger partial charge is 0.225 e. The summed E-state index contributed by atoms with van der Waals surface area (Å²) >= 11 is 0. The van der Waals surface area contributed by atoms with E-state index in [1.165, 1.54) is 5.39 Å². The summed E-state index contributed by atoms with van der Waals surface area (Å²) in [5.41, 5.74) is 2.24. The number of hydrogen-bond donors (Lipinski definition) is 2.